The molecule has 2 aromatic heterocycles. The van der Waals surface area contributed by atoms with E-state index in [0.717, 1.165) is 93.4 Å². The highest BCUT2D eigenvalue weighted by Gasteiger charge is 2.46. The van der Waals surface area contributed by atoms with Gasteiger partial charge < -0.3 is 25.0 Å². The Balaban J connectivity index is 0.693. The van der Waals surface area contributed by atoms with E-state index < -0.39 is 29.7 Å². The van der Waals surface area contributed by atoms with Gasteiger partial charge in [0.15, 0.2) is 17.0 Å². The molecule has 324 valence electrons. The van der Waals surface area contributed by atoms with Crippen LogP contribution in [0.4, 0.5) is 22.9 Å². The summed E-state index contributed by atoms with van der Waals surface area (Å²) in [5.41, 5.74) is 5.15. The average Bonchev–Trinajstić information content (AvgIpc) is 3.81. The zero-order valence-corrected chi connectivity index (χ0v) is 35.8. The predicted molar refractivity (Wildman–Crippen MR) is 238 cm³/mol. The molecule has 1 aliphatic carbocycles. The van der Waals surface area contributed by atoms with Gasteiger partial charge in [-0.15, -0.1) is 0 Å². The minimum Gasteiger partial charge on any atom is -0.372 e. The Morgan fingerprint density at radius 1 is 0.794 bits per heavy atom. The molecule has 4 fully saturated rings. The summed E-state index contributed by atoms with van der Waals surface area (Å²) < 4.78 is 2.05. The smallest absolute Gasteiger partial charge is 0.264 e. The van der Waals surface area contributed by atoms with Crippen LogP contribution in [0.1, 0.15) is 75.6 Å². The lowest BCUT2D eigenvalue weighted by molar-refractivity contribution is -0.136. The van der Waals surface area contributed by atoms with E-state index >= 15 is 0 Å². The summed E-state index contributed by atoms with van der Waals surface area (Å²) >= 11 is 12.5. The first-order valence-electron chi connectivity index (χ1n) is 21.5. The molecule has 3 aromatic carbocycles. The molecule has 10 rings (SSSR count). The SMILES string of the molecule is O=C1CC[C@H](N2C(=O)c3cccc(N4CCN(CC5CCN(c6ccc(Nc7ncnc8c7ncn8C7CC(NC(=O)c8c(Cl)cccc8Cl)C7)cc6)CC5)CC4)c3C2=O)C(=O)N1. The zero-order chi connectivity index (χ0) is 43.4. The second kappa shape index (κ2) is 16.9. The predicted octanol–water partition coefficient (Wildman–Crippen LogP) is 5.45. The molecule has 0 spiro atoms. The molecule has 5 amide bonds. The molecule has 0 unspecified atom stereocenters. The third-order valence-electron chi connectivity index (χ3n) is 13.2. The van der Waals surface area contributed by atoms with Gasteiger partial charge in [0, 0.05) is 75.7 Å². The topological polar surface area (TPSA) is 178 Å². The molecule has 1 saturated carbocycles. The van der Waals surface area contributed by atoms with Gasteiger partial charge in [-0.1, -0.05) is 35.3 Å². The summed E-state index contributed by atoms with van der Waals surface area (Å²) in [7, 11) is 0. The van der Waals surface area contributed by atoms with Crippen LogP contribution in [0.3, 0.4) is 0 Å². The quantitative estimate of drug-likeness (QED) is 0.151. The number of halogens is 2. The number of carbonyl (C=O) groups is 5. The number of piperazine rings is 1. The number of rotatable bonds is 10. The summed E-state index contributed by atoms with van der Waals surface area (Å²) in [6, 6.07) is 17.9. The number of benzene rings is 3. The third-order valence-corrected chi connectivity index (χ3v) is 13.8. The van der Waals surface area contributed by atoms with Crippen molar-refractivity contribution in [3.05, 3.63) is 100 Å². The van der Waals surface area contributed by atoms with E-state index in [-0.39, 0.29) is 36.4 Å². The Morgan fingerprint density at radius 2 is 1.52 bits per heavy atom. The maximum absolute atomic E-state index is 13.7. The van der Waals surface area contributed by atoms with Crippen molar-refractivity contribution in [1.29, 1.82) is 0 Å². The lowest BCUT2D eigenvalue weighted by Gasteiger charge is -2.40. The van der Waals surface area contributed by atoms with Crippen LogP contribution < -0.4 is 25.8 Å². The van der Waals surface area contributed by atoms with Crippen molar-refractivity contribution in [2.24, 2.45) is 5.92 Å². The Labute approximate surface area is 372 Å². The van der Waals surface area contributed by atoms with Crippen molar-refractivity contribution in [1.82, 2.24) is 40.0 Å². The van der Waals surface area contributed by atoms with Gasteiger partial charge >= 0.3 is 0 Å². The Kier molecular flexibility index (Phi) is 11.0. The van der Waals surface area contributed by atoms with Gasteiger partial charge in [0.2, 0.25) is 11.8 Å². The van der Waals surface area contributed by atoms with Crippen molar-refractivity contribution in [2.45, 2.75) is 56.7 Å². The van der Waals surface area contributed by atoms with Crippen LogP contribution >= 0.6 is 23.2 Å². The number of hydrogen-bond donors (Lipinski definition) is 3. The fourth-order valence-corrected chi connectivity index (χ4v) is 10.2. The van der Waals surface area contributed by atoms with Crippen LogP contribution in [-0.2, 0) is 9.59 Å². The van der Waals surface area contributed by atoms with Crippen LogP contribution in [0.2, 0.25) is 10.0 Å². The van der Waals surface area contributed by atoms with Gasteiger partial charge in [-0.05, 0) is 86.6 Å². The highest BCUT2D eigenvalue weighted by atomic mass is 35.5. The third kappa shape index (κ3) is 7.84. The molecule has 4 aliphatic heterocycles. The van der Waals surface area contributed by atoms with Crippen LogP contribution in [0, 0.1) is 5.92 Å². The number of fused-ring (bicyclic) bond motifs is 2. The largest absolute Gasteiger partial charge is 0.372 e. The number of carbonyl (C=O) groups excluding carboxylic acids is 5. The number of imidazole rings is 1. The summed E-state index contributed by atoms with van der Waals surface area (Å²) in [5, 5.41) is 9.39. The average molecular weight is 891 g/mol. The Hall–Kier alpha value is -6.10. The van der Waals surface area contributed by atoms with Crippen molar-refractivity contribution >= 4 is 86.8 Å². The number of nitrogens with zero attached hydrogens (tertiary/aromatic N) is 8. The molecule has 5 aliphatic rings. The number of aromatic nitrogens is 4. The van der Waals surface area contributed by atoms with Crippen LogP contribution in [0.15, 0.2) is 73.3 Å². The summed E-state index contributed by atoms with van der Waals surface area (Å²) in [5.74, 6) is -1.03. The molecule has 3 saturated heterocycles. The highest BCUT2D eigenvalue weighted by molar-refractivity contribution is 6.39. The van der Waals surface area contributed by atoms with Gasteiger partial charge in [-0.3, -0.25) is 39.1 Å². The van der Waals surface area contributed by atoms with E-state index in [1.54, 1.807) is 43.0 Å². The number of piperidine rings is 2. The summed E-state index contributed by atoms with van der Waals surface area (Å²) in [4.78, 5) is 86.0. The summed E-state index contributed by atoms with van der Waals surface area (Å²) in [6.07, 6.45) is 7.18. The first-order chi connectivity index (χ1) is 30.6. The van der Waals surface area contributed by atoms with Crippen LogP contribution in [0.5, 0.6) is 0 Å². The maximum Gasteiger partial charge on any atom is 0.264 e. The molecular formula is C45H45Cl2N11O5. The van der Waals surface area contributed by atoms with Crippen molar-refractivity contribution in [2.75, 3.05) is 60.9 Å². The van der Waals surface area contributed by atoms with E-state index in [1.165, 1.54) is 5.69 Å². The number of imide groups is 2. The maximum atomic E-state index is 13.7. The van der Waals surface area contributed by atoms with Gasteiger partial charge in [0.25, 0.3) is 17.7 Å². The monoisotopic (exact) mass is 889 g/mol. The summed E-state index contributed by atoms with van der Waals surface area (Å²) in [6.45, 7) is 6.09. The second-order valence-corrected chi connectivity index (χ2v) is 17.8. The van der Waals surface area contributed by atoms with Crippen LogP contribution in [-0.4, -0.2) is 117 Å². The molecule has 0 radical (unpaired) electrons. The van der Waals surface area contributed by atoms with E-state index in [0.29, 0.717) is 38.4 Å². The lowest BCUT2D eigenvalue weighted by atomic mass is 9.86. The minimum absolute atomic E-state index is 0.0187. The molecule has 1 atom stereocenters. The van der Waals surface area contributed by atoms with E-state index in [2.05, 4.69) is 69.9 Å². The number of hydrogen-bond acceptors (Lipinski definition) is 12. The molecule has 18 heteroatoms. The van der Waals surface area contributed by atoms with Gasteiger partial charge in [-0.2, -0.15) is 0 Å². The Morgan fingerprint density at radius 3 is 2.25 bits per heavy atom. The number of anilines is 4. The van der Waals surface area contributed by atoms with Crippen molar-refractivity contribution in [3.63, 3.8) is 0 Å². The zero-order valence-electron chi connectivity index (χ0n) is 34.3. The fourth-order valence-electron chi connectivity index (χ4n) is 9.68. The van der Waals surface area contributed by atoms with Crippen molar-refractivity contribution < 1.29 is 24.0 Å². The first kappa shape index (κ1) is 40.9. The second-order valence-electron chi connectivity index (χ2n) is 17.0. The van der Waals surface area contributed by atoms with E-state index in [4.69, 9.17) is 23.2 Å². The first-order valence-corrected chi connectivity index (χ1v) is 22.2. The molecular weight excluding hydrogens is 845 g/mol. The van der Waals surface area contributed by atoms with Gasteiger partial charge in [-0.25, -0.2) is 15.0 Å². The fraction of sp³-hybridized carbons (Fsp3) is 0.378. The standard InChI is InChI=1S/C45H45Cl2N11O5/c46-32-4-2-5-33(47)38(32)43(61)52-28-21-30(22-28)57-25-50-39-40(48-24-49-41(39)57)51-27-7-9-29(10-8-27)55-15-13-26(14-16-55)23-54-17-19-56(20-18-54)34-6-1-3-31-37(34)45(63)58(44(31)62)35-11-12-36(59)53-42(35)60/h1-10,24-26,28,30,35H,11-23H2,(H,52,61)(H,48,49,51)(H,53,59,60)/t28?,30?,35-/m0/s1. The normalized spacial score (nSPS) is 22.0. The number of amides is 5. The van der Waals surface area contributed by atoms with Crippen LogP contribution in [0.25, 0.3) is 11.2 Å². The lowest BCUT2D eigenvalue weighted by Crippen LogP contribution is -2.54. The van der Waals surface area contributed by atoms with Crippen molar-refractivity contribution in [3.8, 4) is 0 Å². The van der Waals surface area contributed by atoms with Gasteiger partial charge in [0.1, 0.15) is 12.4 Å². The highest BCUT2D eigenvalue weighted by Crippen LogP contribution is 2.38. The molecule has 6 heterocycles. The van der Waals surface area contributed by atoms with Gasteiger partial charge in [0.05, 0.1) is 38.8 Å². The molecule has 0 bridgehead atoms. The van der Waals surface area contributed by atoms with E-state index in [1.807, 2.05) is 10.6 Å². The molecule has 63 heavy (non-hydrogen) atoms. The van der Waals surface area contributed by atoms with E-state index in [9.17, 15) is 24.0 Å². The molecule has 3 N–H and O–H groups in total. The molecule has 5 aromatic rings. The minimum atomic E-state index is -0.983. The Bertz CT molecular complexity index is 2620. The molecule has 16 nitrogen and oxygen atoms in total. The number of nitrogens with one attached hydrogen (secondary N) is 3.